The molecule has 0 unspecified atom stereocenters. The van der Waals surface area contributed by atoms with Crippen LogP contribution in [0.15, 0.2) is 24.4 Å². The first kappa shape index (κ1) is 18.7. The minimum absolute atomic E-state index is 0.0900. The van der Waals surface area contributed by atoms with E-state index in [1.165, 1.54) is 12.1 Å². The summed E-state index contributed by atoms with van der Waals surface area (Å²) in [6, 6.07) is 4.24. The summed E-state index contributed by atoms with van der Waals surface area (Å²) >= 11 is 6.11. The molecule has 148 valence electrons. The molecule has 1 fully saturated rings. The molecule has 7 nitrogen and oxygen atoms in total. The Morgan fingerprint density at radius 3 is 2.75 bits per heavy atom. The minimum atomic E-state index is -0.409. The molecule has 0 saturated heterocycles. The number of anilines is 4. The highest BCUT2D eigenvalue weighted by molar-refractivity contribution is 6.33. The molecule has 0 atom stereocenters. The number of amides is 2. The molecule has 1 aliphatic heterocycles. The number of halogens is 2. The molecule has 0 bridgehead atoms. The monoisotopic (exact) mass is 404 g/mol. The quantitative estimate of drug-likeness (QED) is 0.808. The van der Waals surface area contributed by atoms with E-state index in [4.69, 9.17) is 16.6 Å². The second-order valence-electron chi connectivity index (χ2n) is 6.99. The van der Waals surface area contributed by atoms with Crippen LogP contribution in [0.4, 0.5) is 32.3 Å². The van der Waals surface area contributed by atoms with E-state index >= 15 is 0 Å². The van der Waals surface area contributed by atoms with Crippen LogP contribution in [0.25, 0.3) is 0 Å². The fourth-order valence-electron chi connectivity index (χ4n) is 3.83. The number of hydrogen-bond acceptors (Lipinski definition) is 5. The number of hydrogen-bond donors (Lipinski definition) is 1. The molecule has 2 aromatic rings. The average molecular weight is 405 g/mol. The predicted molar refractivity (Wildman–Crippen MR) is 108 cm³/mol. The van der Waals surface area contributed by atoms with Crippen molar-refractivity contribution in [2.75, 3.05) is 28.8 Å². The third-order valence-electron chi connectivity index (χ3n) is 5.24. The summed E-state index contributed by atoms with van der Waals surface area (Å²) in [5.41, 5.74) is 1.18. The van der Waals surface area contributed by atoms with Crippen molar-refractivity contribution in [1.29, 1.82) is 0 Å². The Hall–Kier alpha value is -2.61. The van der Waals surface area contributed by atoms with Crippen LogP contribution < -0.4 is 15.2 Å². The maximum atomic E-state index is 13.3. The molecular formula is C19H22ClFN6O. The van der Waals surface area contributed by atoms with Crippen molar-refractivity contribution in [2.45, 2.75) is 38.6 Å². The van der Waals surface area contributed by atoms with Gasteiger partial charge in [0.25, 0.3) is 0 Å². The van der Waals surface area contributed by atoms with Gasteiger partial charge in [-0.25, -0.2) is 19.2 Å². The van der Waals surface area contributed by atoms with E-state index in [2.05, 4.69) is 10.3 Å². The Labute approximate surface area is 168 Å². The Bertz CT molecular complexity index is 904. The van der Waals surface area contributed by atoms with Gasteiger partial charge in [-0.1, -0.05) is 24.4 Å². The van der Waals surface area contributed by atoms with Crippen LogP contribution >= 0.6 is 11.6 Å². The van der Waals surface area contributed by atoms with Gasteiger partial charge in [-0.2, -0.15) is 4.98 Å². The summed E-state index contributed by atoms with van der Waals surface area (Å²) in [7, 11) is 1.73. The first-order valence-electron chi connectivity index (χ1n) is 9.43. The molecule has 1 saturated carbocycles. The molecule has 2 heterocycles. The third kappa shape index (κ3) is 3.22. The normalized spacial score (nSPS) is 17.3. The van der Waals surface area contributed by atoms with Gasteiger partial charge in [0.1, 0.15) is 11.5 Å². The lowest BCUT2D eigenvalue weighted by molar-refractivity contribution is 0.191. The highest BCUT2D eigenvalue weighted by Gasteiger charge is 2.39. The van der Waals surface area contributed by atoms with Crippen LogP contribution in [-0.4, -0.2) is 40.6 Å². The maximum Gasteiger partial charge on any atom is 0.343 e. The van der Waals surface area contributed by atoms with E-state index in [1.807, 2.05) is 11.9 Å². The number of carbonyl (C=O) groups excluding carboxylic acids is 1. The Balaban J connectivity index is 1.74. The van der Waals surface area contributed by atoms with Gasteiger partial charge in [0.05, 0.1) is 22.9 Å². The molecule has 1 aromatic carbocycles. The Morgan fingerprint density at radius 2 is 2.07 bits per heavy atom. The average Bonchev–Trinajstić information content (AvgIpc) is 3.21. The number of carbonyl (C=O) groups is 1. The van der Waals surface area contributed by atoms with Crippen LogP contribution in [0.1, 0.15) is 32.6 Å². The number of rotatable bonds is 4. The van der Waals surface area contributed by atoms with Crippen molar-refractivity contribution in [3.8, 4) is 0 Å². The number of benzene rings is 1. The number of urea groups is 1. The van der Waals surface area contributed by atoms with E-state index in [0.29, 0.717) is 29.7 Å². The van der Waals surface area contributed by atoms with Crippen molar-refractivity contribution in [3.63, 3.8) is 0 Å². The van der Waals surface area contributed by atoms with Gasteiger partial charge < -0.3 is 5.32 Å². The van der Waals surface area contributed by atoms with Gasteiger partial charge >= 0.3 is 6.03 Å². The molecule has 0 radical (unpaired) electrons. The SMILES string of the molecule is CCN1C(=O)N(C)c2cnc(Nc3ccc(F)cc3Cl)nc2N1C1CCCC1. The topological polar surface area (TPSA) is 64.6 Å². The summed E-state index contributed by atoms with van der Waals surface area (Å²) in [6.45, 7) is 2.51. The zero-order chi connectivity index (χ0) is 19.8. The van der Waals surface area contributed by atoms with E-state index in [9.17, 15) is 9.18 Å². The molecule has 28 heavy (non-hydrogen) atoms. The molecule has 0 spiro atoms. The molecule has 9 heteroatoms. The predicted octanol–water partition coefficient (Wildman–Crippen LogP) is 4.57. The van der Waals surface area contributed by atoms with Crippen molar-refractivity contribution in [1.82, 2.24) is 15.0 Å². The van der Waals surface area contributed by atoms with Crippen LogP contribution in [0.3, 0.4) is 0 Å². The van der Waals surface area contributed by atoms with Crippen LogP contribution in [-0.2, 0) is 0 Å². The Morgan fingerprint density at radius 1 is 1.32 bits per heavy atom. The molecule has 2 amide bonds. The zero-order valence-corrected chi connectivity index (χ0v) is 16.6. The van der Waals surface area contributed by atoms with Gasteiger partial charge in [-0.15, -0.1) is 0 Å². The molecule has 4 rings (SSSR count). The van der Waals surface area contributed by atoms with Gasteiger partial charge in [0, 0.05) is 13.6 Å². The fourth-order valence-corrected chi connectivity index (χ4v) is 4.05. The smallest absolute Gasteiger partial charge is 0.323 e. The highest BCUT2D eigenvalue weighted by Crippen LogP contribution is 2.39. The van der Waals surface area contributed by atoms with Crippen LogP contribution in [0.5, 0.6) is 0 Å². The van der Waals surface area contributed by atoms with Crippen molar-refractivity contribution < 1.29 is 9.18 Å². The fraction of sp³-hybridized carbons (Fsp3) is 0.421. The van der Waals surface area contributed by atoms with Gasteiger partial charge in [-0.05, 0) is 38.0 Å². The zero-order valence-electron chi connectivity index (χ0n) is 15.8. The highest BCUT2D eigenvalue weighted by atomic mass is 35.5. The number of nitrogens with one attached hydrogen (secondary N) is 1. The van der Waals surface area contributed by atoms with Crippen molar-refractivity contribution in [2.24, 2.45) is 0 Å². The number of fused-ring (bicyclic) bond motifs is 1. The summed E-state index contributed by atoms with van der Waals surface area (Å²) in [4.78, 5) is 23.4. The molecule has 1 aromatic heterocycles. The summed E-state index contributed by atoms with van der Waals surface area (Å²) in [5.74, 6) is 0.619. The number of aromatic nitrogens is 2. The summed E-state index contributed by atoms with van der Waals surface area (Å²) in [5, 5.41) is 7.05. The first-order chi connectivity index (χ1) is 13.5. The van der Waals surface area contributed by atoms with Gasteiger partial charge in [0.15, 0.2) is 5.82 Å². The summed E-state index contributed by atoms with van der Waals surface area (Å²) < 4.78 is 13.3. The van der Waals surface area contributed by atoms with E-state index < -0.39 is 5.82 Å². The largest absolute Gasteiger partial charge is 0.343 e. The number of nitrogens with zero attached hydrogens (tertiary/aromatic N) is 5. The third-order valence-corrected chi connectivity index (χ3v) is 5.56. The standard InChI is InChI=1S/C19H22ClFN6O/c1-3-26-19(28)25(2)16-11-22-18(23-15-9-8-12(21)10-14(15)20)24-17(16)27(26)13-6-4-5-7-13/h8-11,13H,3-7H2,1-2H3,(H,22,23,24). The lowest BCUT2D eigenvalue weighted by Gasteiger charge is -2.45. The molecular weight excluding hydrogens is 383 g/mol. The minimum Gasteiger partial charge on any atom is -0.323 e. The number of hydrazine groups is 1. The molecule has 1 aliphatic carbocycles. The van der Waals surface area contributed by atoms with Crippen LogP contribution in [0.2, 0.25) is 5.02 Å². The summed E-state index contributed by atoms with van der Waals surface area (Å²) in [6.07, 6.45) is 5.95. The van der Waals surface area contributed by atoms with Gasteiger partial charge in [0.2, 0.25) is 5.95 Å². The molecule has 2 aliphatic rings. The molecule has 1 N–H and O–H groups in total. The van der Waals surface area contributed by atoms with Crippen molar-refractivity contribution >= 4 is 40.8 Å². The Kier molecular flexibility index (Phi) is 4.97. The second-order valence-corrected chi connectivity index (χ2v) is 7.40. The van der Waals surface area contributed by atoms with E-state index in [0.717, 1.165) is 25.7 Å². The van der Waals surface area contributed by atoms with Crippen molar-refractivity contribution in [3.05, 3.63) is 35.2 Å². The lowest BCUT2D eigenvalue weighted by atomic mass is 10.2. The van der Waals surface area contributed by atoms with E-state index in [1.54, 1.807) is 29.2 Å². The van der Waals surface area contributed by atoms with E-state index in [-0.39, 0.29) is 17.1 Å². The second kappa shape index (κ2) is 7.43. The van der Waals surface area contributed by atoms with Gasteiger partial charge in [-0.3, -0.25) is 9.91 Å². The maximum absolute atomic E-state index is 13.3. The van der Waals surface area contributed by atoms with Crippen LogP contribution in [0, 0.1) is 5.82 Å². The first-order valence-corrected chi connectivity index (χ1v) is 9.81. The lowest BCUT2D eigenvalue weighted by Crippen LogP contribution is -2.59.